The fourth-order valence-corrected chi connectivity index (χ4v) is 2.79. The number of aromatic nitrogens is 2. The van der Waals surface area contributed by atoms with Crippen LogP contribution in [0.25, 0.3) is 6.08 Å². The van der Waals surface area contributed by atoms with E-state index in [0.717, 1.165) is 11.1 Å². The molecule has 8 heteroatoms. The van der Waals surface area contributed by atoms with Gasteiger partial charge >= 0.3 is 0 Å². The van der Waals surface area contributed by atoms with Gasteiger partial charge in [-0.2, -0.15) is 5.10 Å². The number of rotatable bonds is 9. The summed E-state index contributed by atoms with van der Waals surface area (Å²) in [6.07, 6.45) is 6.45. The van der Waals surface area contributed by atoms with Crippen LogP contribution in [0.2, 0.25) is 0 Å². The summed E-state index contributed by atoms with van der Waals surface area (Å²) in [5.74, 6) is 0.864. The van der Waals surface area contributed by atoms with Crippen molar-refractivity contribution in [3.63, 3.8) is 0 Å². The van der Waals surface area contributed by atoms with Crippen LogP contribution in [-0.4, -0.2) is 27.6 Å². The molecule has 2 aromatic carbocycles. The van der Waals surface area contributed by atoms with Crippen molar-refractivity contribution in [2.24, 2.45) is 0 Å². The topological polar surface area (TPSA) is 96.5 Å². The smallest absolute Gasteiger partial charge is 0.273 e. The van der Waals surface area contributed by atoms with Gasteiger partial charge in [0, 0.05) is 24.4 Å². The van der Waals surface area contributed by atoms with E-state index in [1.165, 1.54) is 18.2 Å². The van der Waals surface area contributed by atoms with Gasteiger partial charge in [0.2, 0.25) is 0 Å². The Morgan fingerprint density at radius 2 is 2.10 bits per heavy atom. The molecule has 0 aliphatic heterocycles. The number of hydrogen-bond acceptors (Lipinski definition) is 6. The highest BCUT2D eigenvalue weighted by Gasteiger charge is 2.09. The summed E-state index contributed by atoms with van der Waals surface area (Å²) < 4.78 is 12.8. The van der Waals surface area contributed by atoms with Crippen LogP contribution in [0.5, 0.6) is 11.5 Å². The van der Waals surface area contributed by atoms with Crippen molar-refractivity contribution >= 4 is 17.5 Å². The molecule has 0 atom stereocenters. The number of allylic oxidation sites excluding steroid dienone is 1. The van der Waals surface area contributed by atoms with Crippen LogP contribution < -0.4 is 9.47 Å². The molecule has 0 spiro atoms. The predicted octanol–water partition coefficient (Wildman–Crippen LogP) is 4.29. The molecule has 0 unspecified atom stereocenters. The van der Waals surface area contributed by atoms with Gasteiger partial charge in [-0.15, -0.1) is 0 Å². The van der Waals surface area contributed by atoms with Crippen LogP contribution in [0, 0.1) is 10.1 Å². The zero-order valence-electron chi connectivity index (χ0n) is 16.6. The first kappa shape index (κ1) is 20.8. The number of non-ortho nitro benzene ring substituents is 1. The molecule has 0 aliphatic rings. The summed E-state index contributed by atoms with van der Waals surface area (Å²) in [7, 11) is 1.55. The molecule has 1 aromatic heterocycles. The Balaban J connectivity index is 1.74. The molecule has 0 radical (unpaired) electrons. The Morgan fingerprint density at radius 1 is 1.27 bits per heavy atom. The van der Waals surface area contributed by atoms with E-state index in [0.29, 0.717) is 23.6 Å². The van der Waals surface area contributed by atoms with Crippen molar-refractivity contribution in [2.45, 2.75) is 20.1 Å². The van der Waals surface area contributed by atoms with E-state index in [1.54, 1.807) is 48.5 Å². The molecule has 3 aromatic rings. The Labute approximate surface area is 173 Å². The molecule has 1 heterocycles. The summed E-state index contributed by atoms with van der Waals surface area (Å²) in [4.78, 5) is 22.7. The number of ketones is 1. The van der Waals surface area contributed by atoms with Crippen LogP contribution in [0.4, 0.5) is 5.69 Å². The SMILES string of the molecule is CCn1cc(C(=O)/C=C/c2ccc(OC)c(COc3cccc([N+](=O)[O-])c3)c2)cn1. The van der Waals surface area contributed by atoms with Crippen molar-refractivity contribution in [2.75, 3.05) is 7.11 Å². The fourth-order valence-electron chi connectivity index (χ4n) is 2.79. The Morgan fingerprint density at radius 3 is 2.80 bits per heavy atom. The number of nitro benzene ring substituents is 1. The highest BCUT2D eigenvalue weighted by molar-refractivity contribution is 6.06. The Kier molecular flexibility index (Phi) is 6.59. The van der Waals surface area contributed by atoms with Crippen LogP contribution >= 0.6 is 0 Å². The third kappa shape index (κ3) is 5.11. The largest absolute Gasteiger partial charge is 0.496 e. The lowest BCUT2D eigenvalue weighted by molar-refractivity contribution is -0.384. The van der Waals surface area contributed by atoms with Crippen molar-refractivity contribution in [3.05, 3.63) is 87.7 Å². The average molecular weight is 407 g/mol. The molecule has 0 bridgehead atoms. The number of nitrogens with zero attached hydrogens (tertiary/aromatic N) is 3. The molecule has 3 rings (SSSR count). The molecule has 0 fully saturated rings. The second-order valence-electron chi connectivity index (χ2n) is 6.40. The Hall–Kier alpha value is -3.94. The number of carbonyl (C=O) groups is 1. The number of benzene rings is 2. The van der Waals surface area contributed by atoms with Crippen LogP contribution in [-0.2, 0) is 13.2 Å². The van der Waals surface area contributed by atoms with Gasteiger partial charge in [-0.1, -0.05) is 18.2 Å². The molecule has 0 aliphatic carbocycles. The number of methoxy groups -OCH3 is 1. The monoisotopic (exact) mass is 407 g/mol. The van der Waals surface area contributed by atoms with Gasteiger partial charge in [-0.05, 0) is 36.8 Å². The van der Waals surface area contributed by atoms with E-state index in [9.17, 15) is 14.9 Å². The molecule has 8 nitrogen and oxygen atoms in total. The van der Waals surface area contributed by atoms with E-state index in [4.69, 9.17) is 9.47 Å². The first-order chi connectivity index (χ1) is 14.5. The number of nitro groups is 1. The van der Waals surface area contributed by atoms with Gasteiger partial charge in [0.1, 0.15) is 18.1 Å². The van der Waals surface area contributed by atoms with E-state index in [-0.39, 0.29) is 18.1 Å². The third-order valence-electron chi connectivity index (χ3n) is 4.40. The van der Waals surface area contributed by atoms with Crippen LogP contribution in [0.3, 0.4) is 0 Å². The summed E-state index contributed by atoms with van der Waals surface area (Å²) in [6, 6.07) is 11.4. The standard InChI is InChI=1S/C22H21N3O5/c1-3-24-14-18(13-23-24)21(26)9-7-16-8-10-22(29-2)17(11-16)15-30-20-6-4-5-19(12-20)25(27)28/h4-14H,3,15H2,1-2H3/b9-7+. The molecule has 0 saturated heterocycles. The Bertz CT molecular complexity index is 1090. The van der Waals surface area contributed by atoms with E-state index in [1.807, 2.05) is 19.1 Å². The van der Waals surface area contributed by atoms with Gasteiger partial charge in [-0.3, -0.25) is 19.6 Å². The summed E-state index contributed by atoms with van der Waals surface area (Å²) in [6.45, 7) is 2.80. The second-order valence-corrected chi connectivity index (χ2v) is 6.40. The van der Waals surface area contributed by atoms with Crippen LogP contribution in [0.15, 0.2) is 60.9 Å². The first-order valence-corrected chi connectivity index (χ1v) is 9.29. The first-order valence-electron chi connectivity index (χ1n) is 9.29. The zero-order valence-corrected chi connectivity index (χ0v) is 16.6. The maximum absolute atomic E-state index is 12.3. The quantitative estimate of drug-likeness (QED) is 0.227. The van der Waals surface area contributed by atoms with E-state index in [2.05, 4.69) is 5.10 Å². The highest BCUT2D eigenvalue weighted by Crippen LogP contribution is 2.25. The van der Waals surface area contributed by atoms with Crippen LogP contribution in [0.1, 0.15) is 28.4 Å². The van der Waals surface area contributed by atoms with Crippen molar-refractivity contribution in [3.8, 4) is 11.5 Å². The maximum atomic E-state index is 12.3. The normalized spacial score (nSPS) is 10.9. The van der Waals surface area contributed by atoms with E-state index >= 15 is 0 Å². The van der Waals surface area contributed by atoms with Crippen molar-refractivity contribution in [1.29, 1.82) is 0 Å². The lowest BCUT2D eigenvalue weighted by Gasteiger charge is -2.11. The molecule has 0 amide bonds. The average Bonchev–Trinajstić information content (AvgIpc) is 3.25. The van der Waals surface area contributed by atoms with Gasteiger partial charge in [0.15, 0.2) is 5.78 Å². The predicted molar refractivity (Wildman–Crippen MR) is 112 cm³/mol. The maximum Gasteiger partial charge on any atom is 0.273 e. The summed E-state index contributed by atoms with van der Waals surface area (Å²) in [5, 5.41) is 15.0. The van der Waals surface area contributed by atoms with Crippen molar-refractivity contribution < 1.29 is 19.2 Å². The minimum absolute atomic E-state index is 0.0407. The summed E-state index contributed by atoms with van der Waals surface area (Å²) >= 11 is 0. The molecule has 0 N–H and O–H groups in total. The third-order valence-corrected chi connectivity index (χ3v) is 4.40. The van der Waals surface area contributed by atoms with Gasteiger partial charge in [0.05, 0.1) is 29.9 Å². The minimum atomic E-state index is -0.472. The molecular formula is C22H21N3O5. The minimum Gasteiger partial charge on any atom is -0.496 e. The van der Waals surface area contributed by atoms with Gasteiger partial charge in [0.25, 0.3) is 5.69 Å². The number of hydrogen-bond donors (Lipinski definition) is 0. The van der Waals surface area contributed by atoms with E-state index < -0.39 is 4.92 Å². The molecule has 154 valence electrons. The van der Waals surface area contributed by atoms with Crippen molar-refractivity contribution in [1.82, 2.24) is 9.78 Å². The zero-order chi connectivity index (χ0) is 21.5. The summed E-state index contributed by atoms with van der Waals surface area (Å²) in [5.41, 5.74) is 2.03. The lowest BCUT2D eigenvalue weighted by Crippen LogP contribution is -2.00. The highest BCUT2D eigenvalue weighted by atomic mass is 16.6. The molecule has 30 heavy (non-hydrogen) atoms. The number of ether oxygens (including phenoxy) is 2. The number of carbonyl (C=O) groups excluding carboxylic acids is 1. The van der Waals surface area contributed by atoms with Gasteiger partial charge in [-0.25, -0.2) is 0 Å². The lowest BCUT2D eigenvalue weighted by atomic mass is 10.1. The molecular weight excluding hydrogens is 386 g/mol. The molecule has 0 saturated carbocycles. The fraction of sp³-hybridized carbons (Fsp3) is 0.182. The second kappa shape index (κ2) is 9.51. The number of aryl methyl sites for hydroxylation is 1. The van der Waals surface area contributed by atoms with Gasteiger partial charge < -0.3 is 9.47 Å².